The Balaban J connectivity index is 2.69. The second kappa shape index (κ2) is 4.68. The molecule has 0 saturated heterocycles. The van der Waals surface area contributed by atoms with Gasteiger partial charge in [-0.05, 0) is 28.1 Å². The smallest absolute Gasteiger partial charge is 0.276 e. The standard InChI is InChI=1S/C9H12BrNOS2/c1-9(2,5-11-8(12)13)6-3-4-7(10)14-6/h3-4H,5H2,1-2H3,(H2,11,12,13). The number of rotatable bonds is 3. The third-order valence-electron chi connectivity index (χ3n) is 1.92. The summed E-state index contributed by atoms with van der Waals surface area (Å²) in [5.41, 5.74) is -0.0466. The highest BCUT2D eigenvalue weighted by Crippen LogP contribution is 2.32. The van der Waals surface area contributed by atoms with E-state index >= 15 is 0 Å². The summed E-state index contributed by atoms with van der Waals surface area (Å²) in [5.74, 6) is 0. The lowest BCUT2D eigenvalue weighted by molar-refractivity contribution is 0.259. The number of amides is 1. The first-order valence-electron chi connectivity index (χ1n) is 4.14. The van der Waals surface area contributed by atoms with Crippen LogP contribution in [0.2, 0.25) is 0 Å². The van der Waals surface area contributed by atoms with Crippen molar-refractivity contribution in [3.8, 4) is 0 Å². The van der Waals surface area contributed by atoms with Gasteiger partial charge in [0.05, 0.1) is 3.79 Å². The molecule has 1 aromatic rings. The molecule has 1 heterocycles. The third-order valence-corrected chi connectivity index (χ3v) is 4.07. The van der Waals surface area contributed by atoms with Gasteiger partial charge in [0.1, 0.15) is 0 Å². The van der Waals surface area contributed by atoms with E-state index in [1.807, 2.05) is 6.07 Å². The van der Waals surface area contributed by atoms with Gasteiger partial charge < -0.3 is 5.32 Å². The highest BCUT2D eigenvalue weighted by atomic mass is 79.9. The summed E-state index contributed by atoms with van der Waals surface area (Å²) in [6.07, 6.45) is 0. The van der Waals surface area contributed by atoms with Crippen molar-refractivity contribution < 1.29 is 4.79 Å². The lowest BCUT2D eigenvalue weighted by Gasteiger charge is -2.22. The molecule has 78 valence electrons. The molecule has 0 aromatic carbocycles. The van der Waals surface area contributed by atoms with Gasteiger partial charge in [-0.1, -0.05) is 26.5 Å². The first-order chi connectivity index (χ1) is 6.42. The molecule has 0 aliphatic rings. The van der Waals surface area contributed by atoms with Gasteiger partial charge in [0, 0.05) is 16.8 Å². The molecule has 0 unspecified atom stereocenters. The van der Waals surface area contributed by atoms with Crippen molar-refractivity contribution in [1.29, 1.82) is 0 Å². The molecule has 0 atom stereocenters. The van der Waals surface area contributed by atoms with Crippen LogP contribution >= 0.6 is 39.9 Å². The number of carbonyl (C=O) groups is 1. The van der Waals surface area contributed by atoms with Crippen molar-refractivity contribution >= 4 is 45.1 Å². The molecule has 1 N–H and O–H groups in total. The van der Waals surface area contributed by atoms with Crippen molar-refractivity contribution in [2.75, 3.05) is 6.54 Å². The zero-order chi connectivity index (χ0) is 10.8. The van der Waals surface area contributed by atoms with Gasteiger partial charge in [0.2, 0.25) is 0 Å². The molecule has 0 radical (unpaired) electrons. The number of hydrogen-bond acceptors (Lipinski definition) is 2. The van der Waals surface area contributed by atoms with E-state index in [4.69, 9.17) is 0 Å². The molecule has 5 heteroatoms. The lowest BCUT2D eigenvalue weighted by Crippen LogP contribution is -2.33. The normalized spacial score (nSPS) is 11.4. The van der Waals surface area contributed by atoms with E-state index in [0.717, 1.165) is 3.79 Å². The molecule has 2 nitrogen and oxygen atoms in total. The summed E-state index contributed by atoms with van der Waals surface area (Å²) >= 11 is 8.78. The van der Waals surface area contributed by atoms with Crippen LogP contribution in [0.4, 0.5) is 4.79 Å². The monoisotopic (exact) mass is 293 g/mol. The van der Waals surface area contributed by atoms with Crippen LogP contribution in [-0.2, 0) is 5.41 Å². The van der Waals surface area contributed by atoms with E-state index in [-0.39, 0.29) is 10.7 Å². The van der Waals surface area contributed by atoms with Crippen LogP contribution in [0.15, 0.2) is 15.9 Å². The van der Waals surface area contributed by atoms with E-state index in [1.54, 1.807) is 11.3 Å². The van der Waals surface area contributed by atoms with Crippen LogP contribution in [0.3, 0.4) is 0 Å². The fourth-order valence-electron chi connectivity index (χ4n) is 1.06. The molecule has 14 heavy (non-hydrogen) atoms. The number of nitrogens with one attached hydrogen (secondary N) is 1. The predicted molar refractivity (Wildman–Crippen MR) is 67.4 cm³/mol. The Morgan fingerprint density at radius 2 is 2.29 bits per heavy atom. The van der Waals surface area contributed by atoms with Gasteiger partial charge in [-0.25, -0.2) is 0 Å². The van der Waals surface area contributed by atoms with Crippen LogP contribution < -0.4 is 5.32 Å². The van der Waals surface area contributed by atoms with Crippen LogP contribution in [0.5, 0.6) is 0 Å². The second-order valence-electron chi connectivity index (χ2n) is 3.65. The topological polar surface area (TPSA) is 29.1 Å². The van der Waals surface area contributed by atoms with Crippen LogP contribution in [0, 0.1) is 0 Å². The summed E-state index contributed by atoms with van der Waals surface area (Å²) < 4.78 is 1.11. The molecular weight excluding hydrogens is 282 g/mol. The number of thiophene rings is 1. The van der Waals surface area contributed by atoms with Gasteiger partial charge in [-0.15, -0.1) is 11.3 Å². The third kappa shape index (κ3) is 3.29. The number of halogens is 1. The van der Waals surface area contributed by atoms with Crippen molar-refractivity contribution in [2.45, 2.75) is 19.3 Å². The first kappa shape index (κ1) is 12.1. The summed E-state index contributed by atoms with van der Waals surface area (Å²) in [6.45, 7) is 4.78. The van der Waals surface area contributed by atoms with Gasteiger partial charge in [-0.2, -0.15) is 0 Å². The summed E-state index contributed by atoms with van der Waals surface area (Å²) in [4.78, 5) is 11.9. The predicted octanol–water partition coefficient (Wildman–Crippen LogP) is 3.43. The molecule has 0 bridgehead atoms. The maximum absolute atomic E-state index is 10.7. The molecule has 0 aliphatic carbocycles. The van der Waals surface area contributed by atoms with E-state index < -0.39 is 0 Å². The zero-order valence-electron chi connectivity index (χ0n) is 8.00. The number of carbonyl (C=O) groups excluding carboxylic acids is 1. The second-order valence-corrected chi connectivity index (χ2v) is 6.52. The Morgan fingerprint density at radius 3 is 2.71 bits per heavy atom. The van der Waals surface area contributed by atoms with E-state index in [1.165, 1.54) is 4.88 Å². The van der Waals surface area contributed by atoms with Crippen LogP contribution in [-0.4, -0.2) is 11.8 Å². The van der Waals surface area contributed by atoms with Gasteiger partial charge >= 0.3 is 0 Å². The van der Waals surface area contributed by atoms with Crippen molar-refractivity contribution in [3.63, 3.8) is 0 Å². The van der Waals surface area contributed by atoms with Gasteiger partial charge in [0.15, 0.2) is 0 Å². The quantitative estimate of drug-likeness (QED) is 0.822. The van der Waals surface area contributed by atoms with E-state index in [0.29, 0.717) is 6.54 Å². The van der Waals surface area contributed by atoms with Gasteiger partial charge in [0.25, 0.3) is 5.24 Å². The fraction of sp³-hybridized carbons (Fsp3) is 0.444. The number of hydrogen-bond donors (Lipinski definition) is 2. The fourth-order valence-corrected chi connectivity index (χ4v) is 2.63. The molecule has 0 aliphatic heterocycles. The summed E-state index contributed by atoms with van der Waals surface area (Å²) in [7, 11) is 0. The maximum Gasteiger partial charge on any atom is 0.276 e. The van der Waals surface area contributed by atoms with Crippen LogP contribution in [0.1, 0.15) is 18.7 Å². The molecule has 0 spiro atoms. The Morgan fingerprint density at radius 1 is 1.64 bits per heavy atom. The SMILES string of the molecule is CC(C)(CNC(=O)S)c1ccc(Br)s1. The van der Waals surface area contributed by atoms with E-state index in [9.17, 15) is 4.79 Å². The minimum atomic E-state index is -0.284. The maximum atomic E-state index is 10.7. The van der Waals surface area contributed by atoms with Crippen molar-refractivity contribution in [1.82, 2.24) is 5.32 Å². The lowest BCUT2D eigenvalue weighted by atomic mass is 9.92. The molecule has 1 aromatic heterocycles. The van der Waals surface area contributed by atoms with Crippen molar-refractivity contribution in [2.24, 2.45) is 0 Å². The molecule has 1 amide bonds. The Labute approximate surface area is 102 Å². The first-order valence-corrected chi connectivity index (χ1v) is 6.20. The number of thiol groups is 1. The summed E-state index contributed by atoms with van der Waals surface area (Å²) in [6, 6.07) is 4.09. The van der Waals surface area contributed by atoms with E-state index in [2.05, 4.69) is 53.8 Å². The van der Waals surface area contributed by atoms with Gasteiger partial charge in [-0.3, -0.25) is 4.79 Å². The van der Waals surface area contributed by atoms with Crippen molar-refractivity contribution in [3.05, 3.63) is 20.8 Å². The minimum absolute atomic E-state index is 0.0466. The molecule has 0 fully saturated rings. The summed E-state index contributed by atoms with van der Waals surface area (Å²) in [5, 5.41) is 2.43. The molecule has 1 rings (SSSR count). The molecule has 0 saturated carbocycles. The average Bonchev–Trinajstić information content (AvgIpc) is 2.49. The average molecular weight is 294 g/mol. The Kier molecular flexibility index (Phi) is 4.04. The highest BCUT2D eigenvalue weighted by molar-refractivity contribution is 9.11. The van der Waals surface area contributed by atoms with Crippen LogP contribution in [0.25, 0.3) is 0 Å². The highest BCUT2D eigenvalue weighted by Gasteiger charge is 2.22. The molecular formula is C9H12BrNOS2. The largest absolute Gasteiger partial charge is 0.346 e. The minimum Gasteiger partial charge on any atom is -0.346 e. The zero-order valence-corrected chi connectivity index (χ0v) is 11.3. The Bertz CT molecular complexity index is 335. The Hall–Kier alpha value is -0.0000000000000000833.